The molecule has 4 rings (SSSR count). The Balaban J connectivity index is 1.70. The van der Waals surface area contributed by atoms with Gasteiger partial charge >= 0.3 is 0 Å². The molecule has 42 heavy (non-hydrogen) atoms. The van der Waals surface area contributed by atoms with Gasteiger partial charge in [0.1, 0.15) is 24.1 Å². The third-order valence-corrected chi connectivity index (χ3v) is 9.36. The molecule has 9 nitrogen and oxygen atoms in total. The first-order valence-electron chi connectivity index (χ1n) is 14.2. The molecule has 0 heterocycles. The standard InChI is InChI=1S/C32H39N3O6S/c1-4-30(32(37)33-25-10-8-9-11-25)34(22-24-14-18-27(40-2)19-15-24)31(36)23-35(26-16-20-28(41-3)21-17-26)42(38,39)29-12-6-5-7-13-29/h5-7,12-21,25,30H,4,8-11,22-23H2,1-3H3,(H,33,37). The first-order chi connectivity index (χ1) is 20.3. The van der Waals surface area contributed by atoms with Crippen molar-refractivity contribution in [3.63, 3.8) is 0 Å². The predicted octanol–water partition coefficient (Wildman–Crippen LogP) is 4.77. The van der Waals surface area contributed by atoms with Crippen LogP contribution in [-0.4, -0.2) is 58.0 Å². The summed E-state index contributed by atoms with van der Waals surface area (Å²) in [6.45, 7) is 1.49. The summed E-state index contributed by atoms with van der Waals surface area (Å²) in [7, 11) is -1.03. The van der Waals surface area contributed by atoms with Gasteiger partial charge in [0, 0.05) is 12.6 Å². The number of methoxy groups -OCH3 is 2. The second kappa shape index (κ2) is 14.2. The molecule has 2 amide bonds. The Bertz CT molecular complexity index is 1420. The van der Waals surface area contributed by atoms with E-state index in [2.05, 4.69) is 5.32 Å². The van der Waals surface area contributed by atoms with E-state index in [0.717, 1.165) is 35.6 Å². The van der Waals surface area contributed by atoms with Crippen LogP contribution >= 0.6 is 0 Å². The molecule has 0 spiro atoms. The van der Waals surface area contributed by atoms with E-state index in [1.807, 2.05) is 19.1 Å². The third-order valence-electron chi connectivity index (χ3n) is 7.57. The van der Waals surface area contributed by atoms with E-state index >= 15 is 0 Å². The zero-order chi connectivity index (χ0) is 30.1. The summed E-state index contributed by atoms with van der Waals surface area (Å²) in [5.74, 6) is 0.503. The van der Waals surface area contributed by atoms with Crippen LogP contribution < -0.4 is 19.1 Å². The van der Waals surface area contributed by atoms with Crippen molar-refractivity contribution in [3.8, 4) is 11.5 Å². The molecular formula is C32H39N3O6S. The van der Waals surface area contributed by atoms with Crippen LogP contribution in [0.2, 0.25) is 0 Å². The quantitative estimate of drug-likeness (QED) is 0.306. The van der Waals surface area contributed by atoms with E-state index in [1.165, 1.54) is 24.1 Å². The van der Waals surface area contributed by atoms with Gasteiger partial charge in [-0.1, -0.05) is 50.1 Å². The fraction of sp³-hybridized carbons (Fsp3) is 0.375. The maximum absolute atomic E-state index is 14.2. The zero-order valence-electron chi connectivity index (χ0n) is 24.4. The Hall–Kier alpha value is -4.05. The van der Waals surface area contributed by atoms with Crippen LogP contribution in [0.15, 0.2) is 83.8 Å². The number of nitrogens with zero attached hydrogens (tertiary/aromatic N) is 2. The minimum absolute atomic E-state index is 0.0568. The van der Waals surface area contributed by atoms with Crippen LogP contribution in [0.3, 0.4) is 0 Å². The van der Waals surface area contributed by atoms with E-state index in [9.17, 15) is 18.0 Å². The number of hydrogen-bond donors (Lipinski definition) is 1. The fourth-order valence-electron chi connectivity index (χ4n) is 5.21. The summed E-state index contributed by atoms with van der Waals surface area (Å²) in [6.07, 6.45) is 4.31. The van der Waals surface area contributed by atoms with Gasteiger partial charge in [0.2, 0.25) is 11.8 Å². The number of sulfonamides is 1. The van der Waals surface area contributed by atoms with Crippen LogP contribution in [0, 0.1) is 0 Å². The maximum atomic E-state index is 14.2. The highest BCUT2D eigenvalue weighted by atomic mass is 32.2. The molecule has 10 heteroatoms. The summed E-state index contributed by atoms with van der Waals surface area (Å²) >= 11 is 0. The van der Waals surface area contributed by atoms with Crippen molar-refractivity contribution in [1.29, 1.82) is 0 Å². The minimum atomic E-state index is -4.13. The summed E-state index contributed by atoms with van der Waals surface area (Å²) in [5, 5.41) is 3.12. The van der Waals surface area contributed by atoms with Gasteiger partial charge in [-0.15, -0.1) is 0 Å². The molecule has 0 aromatic heterocycles. The Morgan fingerprint density at radius 1 is 0.881 bits per heavy atom. The third kappa shape index (κ3) is 7.42. The van der Waals surface area contributed by atoms with Gasteiger partial charge < -0.3 is 19.7 Å². The van der Waals surface area contributed by atoms with Gasteiger partial charge in [-0.3, -0.25) is 13.9 Å². The Morgan fingerprint density at radius 3 is 2.00 bits per heavy atom. The number of ether oxygens (including phenoxy) is 2. The van der Waals surface area contributed by atoms with Crippen LogP contribution in [0.4, 0.5) is 5.69 Å². The lowest BCUT2D eigenvalue weighted by Crippen LogP contribution is -2.53. The molecule has 0 bridgehead atoms. The van der Waals surface area contributed by atoms with Crippen LogP contribution in [0.5, 0.6) is 11.5 Å². The highest BCUT2D eigenvalue weighted by molar-refractivity contribution is 7.92. The van der Waals surface area contributed by atoms with Crippen molar-refractivity contribution in [2.24, 2.45) is 0 Å². The topological polar surface area (TPSA) is 105 Å². The molecule has 1 unspecified atom stereocenters. The number of amides is 2. The van der Waals surface area contributed by atoms with Gasteiger partial charge in [0.05, 0.1) is 24.8 Å². The average Bonchev–Trinajstić information content (AvgIpc) is 3.53. The van der Waals surface area contributed by atoms with Gasteiger partial charge in [-0.25, -0.2) is 8.42 Å². The molecule has 0 aliphatic heterocycles. The van der Waals surface area contributed by atoms with E-state index in [0.29, 0.717) is 23.6 Å². The van der Waals surface area contributed by atoms with Gasteiger partial charge in [0.15, 0.2) is 0 Å². The second-order valence-corrected chi connectivity index (χ2v) is 12.2. The van der Waals surface area contributed by atoms with Crippen molar-refractivity contribution in [2.45, 2.75) is 62.6 Å². The second-order valence-electron chi connectivity index (χ2n) is 10.3. The number of benzene rings is 3. The van der Waals surface area contributed by atoms with Crippen LogP contribution in [-0.2, 0) is 26.2 Å². The van der Waals surface area contributed by atoms with Gasteiger partial charge in [0.25, 0.3) is 10.0 Å². The number of anilines is 1. The molecule has 224 valence electrons. The number of carbonyl (C=O) groups excluding carboxylic acids is 2. The molecule has 1 N–H and O–H groups in total. The molecule has 0 saturated heterocycles. The first-order valence-corrected chi connectivity index (χ1v) is 15.7. The lowest BCUT2D eigenvalue weighted by molar-refractivity contribution is -0.140. The van der Waals surface area contributed by atoms with E-state index in [-0.39, 0.29) is 23.4 Å². The first kappa shape index (κ1) is 30.9. The Morgan fingerprint density at radius 2 is 1.45 bits per heavy atom. The molecular weight excluding hydrogens is 554 g/mol. The Labute approximate surface area is 248 Å². The monoisotopic (exact) mass is 593 g/mol. The summed E-state index contributed by atoms with van der Waals surface area (Å²) in [5.41, 5.74) is 1.10. The maximum Gasteiger partial charge on any atom is 0.264 e. The van der Waals surface area contributed by atoms with E-state index in [4.69, 9.17) is 9.47 Å². The minimum Gasteiger partial charge on any atom is -0.497 e. The highest BCUT2D eigenvalue weighted by Gasteiger charge is 2.34. The van der Waals surface area contributed by atoms with Crippen molar-refractivity contribution in [2.75, 3.05) is 25.1 Å². The largest absolute Gasteiger partial charge is 0.497 e. The van der Waals surface area contributed by atoms with Gasteiger partial charge in [-0.05, 0) is 73.4 Å². The SMILES string of the molecule is CCC(C(=O)NC1CCCC1)N(Cc1ccc(OC)cc1)C(=O)CN(c1ccc(OC)cc1)S(=O)(=O)c1ccccc1. The highest BCUT2D eigenvalue weighted by Crippen LogP contribution is 2.27. The molecule has 1 atom stereocenters. The fourth-order valence-corrected chi connectivity index (χ4v) is 6.65. The molecule has 1 saturated carbocycles. The number of carbonyl (C=O) groups is 2. The summed E-state index contributed by atoms with van der Waals surface area (Å²) in [6, 6.07) is 21.0. The average molecular weight is 594 g/mol. The van der Waals surface area contributed by atoms with Gasteiger partial charge in [-0.2, -0.15) is 0 Å². The number of hydrogen-bond acceptors (Lipinski definition) is 6. The molecule has 3 aromatic rings. The molecule has 1 aliphatic rings. The molecule has 0 radical (unpaired) electrons. The molecule has 1 fully saturated rings. The van der Waals surface area contributed by atoms with Crippen molar-refractivity contribution < 1.29 is 27.5 Å². The van der Waals surface area contributed by atoms with E-state index in [1.54, 1.807) is 61.7 Å². The Kier molecular flexibility index (Phi) is 10.5. The normalized spacial score (nSPS) is 14.2. The van der Waals surface area contributed by atoms with Crippen molar-refractivity contribution in [3.05, 3.63) is 84.4 Å². The molecule has 3 aromatic carbocycles. The van der Waals surface area contributed by atoms with Crippen molar-refractivity contribution in [1.82, 2.24) is 10.2 Å². The van der Waals surface area contributed by atoms with Crippen LogP contribution in [0.1, 0.15) is 44.6 Å². The zero-order valence-corrected chi connectivity index (χ0v) is 25.2. The summed E-state index contributed by atoms with van der Waals surface area (Å²) < 4.78 is 39.4. The predicted molar refractivity (Wildman–Crippen MR) is 162 cm³/mol. The summed E-state index contributed by atoms with van der Waals surface area (Å²) in [4.78, 5) is 29.3. The number of nitrogens with one attached hydrogen (secondary N) is 1. The number of rotatable bonds is 13. The lowest BCUT2D eigenvalue weighted by atomic mass is 10.1. The molecule has 1 aliphatic carbocycles. The van der Waals surface area contributed by atoms with Crippen LogP contribution in [0.25, 0.3) is 0 Å². The lowest BCUT2D eigenvalue weighted by Gasteiger charge is -2.33. The van der Waals surface area contributed by atoms with E-state index < -0.39 is 28.5 Å². The van der Waals surface area contributed by atoms with Crippen molar-refractivity contribution >= 4 is 27.5 Å². The smallest absolute Gasteiger partial charge is 0.264 e.